The van der Waals surface area contributed by atoms with Gasteiger partial charge in [-0.1, -0.05) is 60.2 Å². The summed E-state index contributed by atoms with van der Waals surface area (Å²) >= 11 is 0. The van der Waals surface area contributed by atoms with Crippen molar-refractivity contribution in [2.45, 2.75) is 78.1 Å². The molecule has 1 aromatic rings. The average Bonchev–Trinajstić information content (AvgIpc) is 2.54. The molecule has 1 aliphatic rings. The Morgan fingerprint density at radius 3 is 2.21 bits per heavy atom. The van der Waals surface area contributed by atoms with Crippen molar-refractivity contribution in [2.75, 3.05) is 6.61 Å². The van der Waals surface area contributed by atoms with Gasteiger partial charge in [-0.15, -0.1) is 0 Å². The molecule has 0 bridgehead atoms. The Morgan fingerprint density at radius 2 is 1.58 bits per heavy atom. The molecule has 0 aliphatic heterocycles. The summed E-state index contributed by atoms with van der Waals surface area (Å²) in [5.74, 6) is -0.0645. The van der Waals surface area contributed by atoms with Gasteiger partial charge < -0.3 is 4.74 Å². The van der Waals surface area contributed by atoms with Gasteiger partial charge in [-0.2, -0.15) is 0 Å². The Hall–Kier alpha value is -1.57. The number of carbonyl (C=O) groups is 1. The Labute approximate surface area is 147 Å². The molecule has 0 amide bonds. The Morgan fingerprint density at radius 1 is 0.958 bits per heavy atom. The molecule has 2 rings (SSSR count). The summed E-state index contributed by atoms with van der Waals surface area (Å²) in [5.41, 5.74) is 5.74. The van der Waals surface area contributed by atoms with Gasteiger partial charge in [0.2, 0.25) is 0 Å². The molecule has 1 fully saturated rings. The maximum Gasteiger partial charge on any atom is 0.306 e. The van der Waals surface area contributed by atoms with Crippen LogP contribution >= 0.6 is 0 Å². The van der Waals surface area contributed by atoms with E-state index < -0.39 is 0 Å². The summed E-state index contributed by atoms with van der Waals surface area (Å²) in [6.45, 7) is 4.47. The van der Waals surface area contributed by atoms with Crippen LogP contribution < -0.4 is 0 Å². The lowest BCUT2D eigenvalue weighted by molar-refractivity contribution is -0.143. The number of ether oxygens (including phenoxy) is 1. The zero-order chi connectivity index (χ0) is 17.2. The number of hydrogen-bond donors (Lipinski definition) is 0. The molecule has 0 N–H and O–H groups in total. The van der Waals surface area contributed by atoms with Crippen molar-refractivity contribution in [3.05, 3.63) is 46.5 Å². The van der Waals surface area contributed by atoms with E-state index >= 15 is 0 Å². The van der Waals surface area contributed by atoms with E-state index in [2.05, 4.69) is 31.2 Å². The first kappa shape index (κ1) is 18.8. The Bertz CT molecular complexity index is 530. The van der Waals surface area contributed by atoms with Crippen LogP contribution in [0.25, 0.3) is 0 Å². The van der Waals surface area contributed by atoms with Crippen LogP contribution in [0.1, 0.15) is 75.8 Å². The van der Waals surface area contributed by atoms with E-state index in [9.17, 15) is 4.79 Å². The van der Waals surface area contributed by atoms with Crippen molar-refractivity contribution in [1.82, 2.24) is 0 Å². The standard InChI is InChI=1S/C22H32O2/c1-3-24-22(23)16-15-21(17-19-13-11-18(2)12-14-19)20-9-7-5-4-6-8-10-20/h11-14H,3-10,15-17H2,1-2H3. The average molecular weight is 328 g/mol. The highest BCUT2D eigenvalue weighted by Gasteiger charge is 2.13. The van der Waals surface area contributed by atoms with E-state index in [0.717, 1.165) is 12.8 Å². The van der Waals surface area contributed by atoms with Gasteiger partial charge >= 0.3 is 5.97 Å². The summed E-state index contributed by atoms with van der Waals surface area (Å²) in [5, 5.41) is 0. The molecule has 0 heterocycles. The van der Waals surface area contributed by atoms with Crippen LogP contribution in [0.2, 0.25) is 0 Å². The largest absolute Gasteiger partial charge is 0.466 e. The number of carbonyl (C=O) groups excluding carboxylic acids is 1. The summed E-state index contributed by atoms with van der Waals surface area (Å²) in [6.07, 6.45) is 11.4. The first-order valence-electron chi connectivity index (χ1n) is 9.60. The second kappa shape index (κ2) is 10.3. The van der Waals surface area contributed by atoms with Crippen LogP contribution in [0, 0.1) is 6.92 Å². The highest BCUT2D eigenvalue weighted by Crippen LogP contribution is 2.28. The first-order chi connectivity index (χ1) is 11.7. The van der Waals surface area contributed by atoms with Crippen molar-refractivity contribution in [2.24, 2.45) is 0 Å². The summed E-state index contributed by atoms with van der Waals surface area (Å²) in [6, 6.07) is 8.81. The maximum atomic E-state index is 11.8. The predicted molar refractivity (Wildman–Crippen MR) is 100 cm³/mol. The monoisotopic (exact) mass is 328 g/mol. The maximum absolute atomic E-state index is 11.8. The second-order valence-electron chi connectivity index (χ2n) is 6.94. The van der Waals surface area contributed by atoms with Crippen molar-refractivity contribution in [3.8, 4) is 0 Å². The lowest BCUT2D eigenvalue weighted by Crippen LogP contribution is -2.07. The fraction of sp³-hybridized carbons (Fsp3) is 0.591. The topological polar surface area (TPSA) is 26.3 Å². The molecule has 2 nitrogen and oxygen atoms in total. The van der Waals surface area contributed by atoms with Crippen LogP contribution in [0.3, 0.4) is 0 Å². The van der Waals surface area contributed by atoms with Gasteiger partial charge in [-0.25, -0.2) is 0 Å². The van der Waals surface area contributed by atoms with E-state index in [0.29, 0.717) is 13.0 Å². The molecule has 0 saturated heterocycles. The number of benzene rings is 1. The van der Waals surface area contributed by atoms with Crippen LogP contribution in [-0.2, 0) is 16.0 Å². The number of allylic oxidation sites excluding steroid dienone is 2. The van der Waals surface area contributed by atoms with Gasteiger partial charge in [0, 0.05) is 6.42 Å². The fourth-order valence-corrected chi connectivity index (χ4v) is 3.51. The summed E-state index contributed by atoms with van der Waals surface area (Å²) in [7, 11) is 0. The first-order valence-corrected chi connectivity index (χ1v) is 9.60. The van der Waals surface area contributed by atoms with Crippen LogP contribution in [0.5, 0.6) is 0 Å². The molecule has 0 unspecified atom stereocenters. The minimum Gasteiger partial charge on any atom is -0.466 e. The second-order valence-corrected chi connectivity index (χ2v) is 6.94. The molecule has 0 spiro atoms. The highest BCUT2D eigenvalue weighted by molar-refractivity contribution is 5.69. The number of aryl methyl sites for hydroxylation is 1. The number of hydrogen-bond acceptors (Lipinski definition) is 2. The van der Waals surface area contributed by atoms with Crippen molar-refractivity contribution in [3.63, 3.8) is 0 Å². The highest BCUT2D eigenvalue weighted by atomic mass is 16.5. The van der Waals surface area contributed by atoms with Gasteiger partial charge in [-0.05, 0) is 57.9 Å². The summed E-state index contributed by atoms with van der Waals surface area (Å²) < 4.78 is 5.13. The molecule has 1 aromatic carbocycles. The number of rotatable bonds is 6. The normalized spacial score (nSPS) is 15.5. The van der Waals surface area contributed by atoms with Crippen LogP contribution in [0.4, 0.5) is 0 Å². The smallest absolute Gasteiger partial charge is 0.306 e. The third-order valence-corrected chi connectivity index (χ3v) is 4.93. The van der Waals surface area contributed by atoms with E-state index in [1.165, 1.54) is 61.6 Å². The van der Waals surface area contributed by atoms with Gasteiger partial charge in [0.05, 0.1) is 6.61 Å². The van der Waals surface area contributed by atoms with Crippen molar-refractivity contribution in [1.29, 1.82) is 0 Å². The summed E-state index contributed by atoms with van der Waals surface area (Å²) in [4.78, 5) is 11.8. The number of esters is 1. The van der Waals surface area contributed by atoms with Gasteiger partial charge in [0.1, 0.15) is 0 Å². The zero-order valence-corrected chi connectivity index (χ0v) is 15.4. The third-order valence-electron chi connectivity index (χ3n) is 4.93. The molecule has 0 aromatic heterocycles. The van der Waals surface area contributed by atoms with E-state index in [4.69, 9.17) is 4.74 Å². The molecular formula is C22H32O2. The Balaban J connectivity index is 2.12. The lowest BCUT2D eigenvalue weighted by Gasteiger charge is -2.18. The third kappa shape index (κ3) is 6.51. The molecule has 2 heteroatoms. The Kier molecular flexibility index (Phi) is 8.07. The van der Waals surface area contributed by atoms with E-state index in [-0.39, 0.29) is 5.97 Å². The van der Waals surface area contributed by atoms with Gasteiger partial charge in [0.25, 0.3) is 0 Å². The molecule has 132 valence electrons. The SMILES string of the molecule is CCOC(=O)CCC(Cc1ccc(C)cc1)=C1CCCCCCC1. The quantitative estimate of drug-likeness (QED) is 0.478. The van der Waals surface area contributed by atoms with Crippen LogP contribution in [-0.4, -0.2) is 12.6 Å². The van der Waals surface area contributed by atoms with Crippen molar-refractivity contribution >= 4 is 5.97 Å². The molecular weight excluding hydrogens is 296 g/mol. The molecule has 0 radical (unpaired) electrons. The predicted octanol–water partition coefficient (Wildman–Crippen LogP) is 5.92. The molecule has 0 atom stereocenters. The minimum absolute atomic E-state index is 0.0645. The molecule has 1 saturated carbocycles. The van der Waals surface area contributed by atoms with E-state index in [1.807, 2.05) is 6.92 Å². The lowest BCUT2D eigenvalue weighted by atomic mass is 9.88. The fourth-order valence-electron chi connectivity index (χ4n) is 3.51. The molecule has 24 heavy (non-hydrogen) atoms. The molecule has 1 aliphatic carbocycles. The van der Waals surface area contributed by atoms with Crippen molar-refractivity contribution < 1.29 is 9.53 Å². The van der Waals surface area contributed by atoms with Gasteiger partial charge in [0.15, 0.2) is 0 Å². The minimum atomic E-state index is -0.0645. The van der Waals surface area contributed by atoms with Crippen LogP contribution in [0.15, 0.2) is 35.4 Å². The zero-order valence-electron chi connectivity index (χ0n) is 15.4. The van der Waals surface area contributed by atoms with E-state index in [1.54, 1.807) is 5.57 Å². The van der Waals surface area contributed by atoms with Gasteiger partial charge in [-0.3, -0.25) is 4.79 Å².